The van der Waals surface area contributed by atoms with E-state index in [9.17, 15) is 4.79 Å². The summed E-state index contributed by atoms with van der Waals surface area (Å²) in [6.45, 7) is 4.68. The highest BCUT2D eigenvalue weighted by molar-refractivity contribution is 7.99. The summed E-state index contributed by atoms with van der Waals surface area (Å²) in [5.74, 6) is 1.06. The summed E-state index contributed by atoms with van der Waals surface area (Å²) in [7, 11) is 0. The number of aromatic nitrogens is 4. The normalized spacial score (nSPS) is 11.9. The lowest BCUT2D eigenvalue weighted by atomic mass is 10.2. The molecular weight excluding hydrogens is 358 g/mol. The summed E-state index contributed by atoms with van der Waals surface area (Å²) >= 11 is 1.40. The van der Waals surface area contributed by atoms with E-state index in [1.54, 1.807) is 12.4 Å². The smallest absolute Gasteiger partial charge is 0.230 e. The van der Waals surface area contributed by atoms with Gasteiger partial charge in [0.2, 0.25) is 5.91 Å². The number of thioether (sulfide) groups is 1. The number of nitrogens with zero attached hydrogens (tertiary/aromatic N) is 4. The zero-order valence-corrected chi connectivity index (χ0v) is 16.3. The van der Waals surface area contributed by atoms with E-state index in [2.05, 4.69) is 39.6 Å². The van der Waals surface area contributed by atoms with Crippen LogP contribution in [0.4, 0.5) is 0 Å². The lowest BCUT2D eigenvalue weighted by molar-refractivity contribution is -0.119. The van der Waals surface area contributed by atoms with Crippen LogP contribution < -0.4 is 5.32 Å². The van der Waals surface area contributed by atoms with Crippen molar-refractivity contribution < 1.29 is 4.79 Å². The van der Waals surface area contributed by atoms with Crippen molar-refractivity contribution in [2.24, 2.45) is 0 Å². The average molecular weight is 382 g/mol. The van der Waals surface area contributed by atoms with Gasteiger partial charge in [0.25, 0.3) is 0 Å². The topological polar surface area (TPSA) is 72.7 Å². The quantitative estimate of drug-likeness (QED) is 0.606. The van der Waals surface area contributed by atoms with Gasteiger partial charge in [-0.15, -0.1) is 10.2 Å². The number of carbonyl (C=O) groups excluding carboxylic acids is 1. The van der Waals surface area contributed by atoms with Crippen LogP contribution in [0.1, 0.15) is 25.8 Å². The Bertz CT molecular complexity index is 867. The fraction of sp³-hybridized carbons (Fsp3) is 0.300. The highest BCUT2D eigenvalue weighted by atomic mass is 32.2. The minimum Gasteiger partial charge on any atom is -0.353 e. The molecule has 0 radical (unpaired) electrons. The summed E-state index contributed by atoms with van der Waals surface area (Å²) in [6, 6.07) is 14.2. The van der Waals surface area contributed by atoms with Crippen LogP contribution in [0.15, 0.2) is 60.0 Å². The summed E-state index contributed by atoms with van der Waals surface area (Å²) in [5.41, 5.74) is 2.05. The van der Waals surface area contributed by atoms with Crippen LogP contribution in [0.2, 0.25) is 0 Å². The molecular formula is C20H23N5OS. The molecule has 0 bridgehead atoms. The van der Waals surface area contributed by atoms with Gasteiger partial charge in [-0.2, -0.15) is 0 Å². The van der Waals surface area contributed by atoms with Crippen LogP contribution in [0.5, 0.6) is 0 Å². The first-order valence-electron chi connectivity index (χ1n) is 8.97. The molecule has 0 spiro atoms. The van der Waals surface area contributed by atoms with E-state index in [0.717, 1.165) is 28.5 Å². The fourth-order valence-corrected chi connectivity index (χ4v) is 3.31. The Morgan fingerprint density at radius 1 is 1.19 bits per heavy atom. The minimum atomic E-state index is 0.00605. The molecule has 3 rings (SSSR count). The van der Waals surface area contributed by atoms with Gasteiger partial charge in [0.1, 0.15) is 0 Å². The lowest BCUT2D eigenvalue weighted by Gasteiger charge is -2.12. The lowest BCUT2D eigenvalue weighted by Crippen LogP contribution is -2.33. The van der Waals surface area contributed by atoms with E-state index in [-0.39, 0.29) is 11.9 Å². The molecule has 0 aliphatic heterocycles. The summed E-state index contributed by atoms with van der Waals surface area (Å²) < 4.78 is 2.04. The zero-order valence-electron chi connectivity index (χ0n) is 15.5. The number of carbonyl (C=O) groups is 1. The van der Waals surface area contributed by atoms with E-state index in [1.807, 2.05) is 41.8 Å². The average Bonchev–Trinajstić information content (AvgIpc) is 3.10. The van der Waals surface area contributed by atoms with Crippen molar-refractivity contribution in [3.05, 3.63) is 60.4 Å². The fourth-order valence-electron chi connectivity index (χ4n) is 2.56. The van der Waals surface area contributed by atoms with Gasteiger partial charge in [0, 0.05) is 24.0 Å². The molecule has 0 saturated carbocycles. The van der Waals surface area contributed by atoms with Crippen LogP contribution in [0.25, 0.3) is 11.4 Å². The maximum atomic E-state index is 12.1. The van der Waals surface area contributed by atoms with Gasteiger partial charge in [0.05, 0.1) is 12.3 Å². The van der Waals surface area contributed by atoms with Crippen molar-refractivity contribution in [1.82, 2.24) is 25.1 Å². The number of nitrogens with one attached hydrogen (secondary N) is 1. The highest BCUT2D eigenvalue weighted by Gasteiger charge is 2.16. The van der Waals surface area contributed by atoms with Crippen molar-refractivity contribution in [2.75, 3.05) is 5.75 Å². The van der Waals surface area contributed by atoms with Crippen molar-refractivity contribution >= 4 is 17.7 Å². The second-order valence-electron chi connectivity index (χ2n) is 6.29. The Balaban J connectivity index is 1.83. The maximum absolute atomic E-state index is 12.1. The number of amides is 1. The second kappa shape index (κ2) is 9.32. The summed E-state index contributed by atoms with van der Waals surface area (Å²) in [5, 5.41) is 12.4. The molecule has 3 aromatic rings. The predicted octanol–water partition coefficient (Wildman–Crippen LogP) is 3.40. The molecule has 140 valence electrons. The molecule has 6 nitrogen and oxygen atoms in total. The van der Waals surface area contributed by atoms with E-state index in [1.165, 1.54) is 11.8 Å². The molecule has 1 atom stereocenters. The molecule has 1 amide bonds. The molecule has 2 heterocycles. The first-order chi connectivity index (χ1) is 13.2. The van der Waals surface area contributed by atoms with Crippen LogP contribution in [0.3, 0.4) is 0 Å². The maximum Gasteiger partial charge on any atom is 0.230 e. The van der Waals surface area contributed by atoms with Gasteiger partial charge in [-0.25, -0.2) is 0 Å². The third-order valence-electron chi connectivity index (χ3n) is 4.17. The van der Waals surface area contributed by atoms with Gasteiger partial charge in [-0.3, -0.25) is 14.3 Å². The third kappa shape index (κ3) is 5.17. The molecule has 27 heavy (non-hydrogen) atoms. The third-order valence-corrected chi connectivity index (χ3v) is 5.14. The highest BCUT2D eigenvalue weighted by Crippen LogP contribution is 2.24. The molecule has 2 aromatic heterocycles. The Morgan fingerprint density at radius 3 is 2.70 bits per heavy atom. The van der Waals surface area contributed by atoms with Gasteiger partial charge in [0.15, 0.2) is 11.0 Å². The zero-order chi connectivity index (χ0) is 19.1. The van der Waals surface area contributed by atoms with Gasteiger partial charge in [-0.05, 0) is 31.0 Å². The van der Waals surface area contributed by atoms with Crippen molar-refractivity contribution in [1.29, 1.82) is 0 Å². The molecule has 0 aliphatic carbocycles. The van der Waals surface area contributed by atoms with Crippen LogP contribution >= 0.6 is 11.8 Å². The first-order valence-corrected chi connectivity index (χ1v) is 9.95. The number of pyridine rings is 1. The monoisotopic (exact) mass is 381 g/mol. The van der Waals surface area contributed by atoms with Crippen LogP contribution in [-0.2, 0) is 11.3 Å². The van der Waals surface area contributed by atoms with Gasteiger partial charge in [-0.1, -0.05) is 49.0 Å². The number of hydrogen-bond acceptors (Lipinski definition) is 5. The van der Waals surface area contributed by atoms with Crippen molar-refractivity contribution in [3.63, 3.8) is 0 Å². The largest absolute Gasteiger partial charge is 0.353 e. The van der Waals surface area contributed by atoms with E-state index < -0.39 is 0 Å². The molecule has 0 unspecified atom stereocenters. The minimum absolute atomic E-state index is 0.00605. The second-order valence-corrected chi connectivity index (χ2v) is 7.23. The summed E-state index contributed by atoms with van der Waals surface area (Å²) in [6.07, 6.45) is 4.41. The van der Waals surface area contributed by atoms with Crippen LogP contribution in [0, 0.1) is 0 Å². The van der Waals surface area contributed by atoms with E-state index >= 15 is 0 Å². The van der Waals surface area contributed by atoms with Crippen LogP contribution in [-0.4, -0.2) is 37.5 Å². The van der Waals surface area contributed by atoms with Crippen molar-refractivity contribution in [2.45, 2.75) is 38.0 Å². The standard InChI is InChI=1S/C20H23N5OS/c1-3-15(2)22-18(26)14-27-20-24-23-19(17-10-7-11-21-12-17)25(20)13-16-8-5-4-6-9-16/h4-12,15H,3,13-14H2,1-2H3,(H,22,26)/t15-/m1/s1. The Labute approximate surface area is 163 Å². The van der Waals surface area contributed by atoms with Gasteiger partial charge < -0.3 is 5.32 Å². The molecule has 0 aliphatic rings. The number of hydrogen-bond donors (Lipinski definition) is 1. The molecule has 1 aromatic carbocycles. The molecule has 0 saturated heterocycles. The Morgan fingerprint density at radius 2 is 2.00 bits per heavy atom. The predicted molar refractivity (Wildman–Crippen MR) is 107 cm³/mol. The first kappa shape index (κ1) is 19.1. The molecule has 7 heteroatoms. The van der Waals surface area contributed by atoms with Crippen molar-refractivity contribution in [3.8, 4) is 11.4 Å². The SMILES string of the molecule is CC[C@@H](C)NC(=O)CSc1nnc(-c2cccnc2)n1Cc1ccccc1. The summed E-state index contributed by atoms with van der Waals surface area (Å²) in [4.78, 5) is 16.3. The van der Waals surface area contributed by atoms with E-state index in [4.69, 9.17) is 0 Å². The number of benzene rings is 1. The number of rotatable bonds is 8. The Kier molecular flexibility index (Phi) is 6.59. The van der Waals surface area contributed by atoms with Gasteiger partial charge >= 0.3 is 0 Å². The molecule has 1 N–H and O–H groups in total. The Hall–Kier alpha value is -2.67. The van der Waals surface area contributed by atoms with E-state index in [0.29, 0.717) is 12.3 Å². The molecule has 0 fully saturated rings.